The Hall–Kier alpha value is 0.0900. The fraction of sp³-hybridized carbons (Fsp3) is 0.846. The Morgan fingerprint density at radius 1 is 1.00 bits per heavy atom. The van der Waals surface area contributed by atoms with Gasteiger partial charge in [-0.05, 0) is 42.9 Å². The van der Waals surface area contributed by atoms with Crippen molar-refractivity contribution in [1.29, 1.82) is 0 Å². The second-order valence-electron chi connectivity index (χ2n) is 6.28. The Balaban J connectivity index is 2.09. The van der Waals surface area contributed by atoms with E-state index in [4.69, 9.17) is 12.6 Å². The van der Waals surface area contributed by atoms with E-state index in [2.05, 4.69) is 39.8 Å². The zero-order chi connectivity index (χ0) is 10.6. The van der Waals surface area contributed by atoms with E-state index in [1.165, 1.54) is 12.8 Å². The third kappa shape index (κ3) is 1.44. The summed E-state index contributed by atoms with van der Waals surface area (Å²) in [5.74, 6) is 2.55. The normalized spacial score (nSPS) is 40.2. The lowest BCUT2D eigenvalue weighted by molar-refractivity contribution is 0.217. The van der Waals surface area contributed by atoms with Crippen LogP contribution in [0.1, 0.15) is 40.5 Å². The van der Waals surface area contributed by atoms with Gasteiger partial charge < -0.3 is 0 Å². The van der Waals surface area contributed by atoms with Crippen molar-refractivity contribution in [3.63, 3.8) is 0 Å². The van der Waals surface area contributed by atoms with E-state index in [1.54, 1.807) is 0 Å². The largest absolute Gasteiger partial charge is 0.172 e. The lowest BCUT2D eigenvalue weighted by Crippen LogP contribution is -2.40. The lowest BCUT2D eigenvalue weighted by Gasteiger charge is -2.43. The van der Waals surface area contributed by atoms with Crippen molar-refractivity contribution in [2.24, 2.45) is 23.2 Å². The molecule has 0 aromatic rings. The maximum Gasteiger partial charge on any atom is 0.0178 e. The van der Waals surface area contributed by atoms with Gasteiger partial charge in [-0.2, -0.15) is 12.6 Å². The average Bonchev–Trinajstić information content (AvgIpc) is 2.25. The van der Waals surface area contributed by atoms with Crippen molar-refractivity contribution >= 4 is 12.6 Å². The van der Waals surface area contributed by atoms with Crippen molar-refractivity contribution in [2.45, 2.75) is 45.3 Å². The van der Waals surface area contributed by atoms with Gasteiger partial charge in [0.1, 0.15) is 0 Å². The van der Waals surface area contributed by atoms with Crippen LogP contribution in [0.5, 0.6) is 0 Å². The fourth-order valence-corrected chi connectivity index (χ4v) is 2.97. The van der Waals surface area contributed by atoms with E-state index < -0.39 is 0 Å². The number of allylic oxidation sites excluding steroid dienone is 2. The minimum atomic E-state index is 0.173. The molecular weight excluding hydrogens is 188 g/mol. The van der Waals surface area contributed by atoms with Crippen molar-refractivity contribution in [2.75, 3.05) is 0 Å². The Bertz CT molecular complexity index is 243. The van der Waals surface area contributed by atoms with Crippen LogP contribution >= 0.6 is 12.6 Å². The predicted molar refractivity (Wildman–Crippen MR) is 65.7 cm³/mol. The minimum Gasteiger partial charge on any atom is -0.172 e. The standard InChI is InChI=1S/C13H22S/c1-12(2,3)13(4,14)11-7-9-5-6-10(9)8-11/h5-6,9-11,14H,7-8H2,1-4H3. The van der Waals surface area contributed by atoms with Crippen molar-refractivity contribution in [3.05, 3.63) is 12.2 Å². The van der Waals surface area contributed by atoms with Crippen LogP contribution in [0.15, 0.2) is 12.2 Å². The van der Waals surface area contributed by atoms with Crippen LogP contribution in [-0.2, 0) is 0 Å². The maximum absolute atomic E-state index is 4.94. The van der Waals surface area contributed by atoms with Crippen molar-refractivity contribution in [1.82, 2.24) is 0 Å². The summed E-state index contributed by atoms with van der Waals surface area (Å²) >= 11 is 4.94. The van der Waals surface area contributed by atoms with Gasteiger partial charge >= 0.3 is 0 Å². The van der Waals surface area contributed by atoms with Crippen molar-refractivity contribution in [3.8, 4) is 0 Å². The average molecular weight is 210 g/mol. The van der Waals surface area contributed by atoms with E-state index in [9.17, 15) is 0 Å². The number of rotatable bonds is 1. The Morgan fingerprint density at radius 3 is 1.71 bits per heavy atom. The van der Waals surface area contributed by atoms with E-state index in [1.807, 2.05) is 0 Å². The zero-order valence-corrected chi connectivity index (χ0v) is 10.6. The third-order valence-electron chi connectivity index (χ3n) is 4.58. The molecular formula is C13H22S. The number of hydrogen-bond donors (Lipinski definition) is 1. The van der Waals surface area contributed by atoms with Gasteiger partial charge in [0.2, 0.25) is 0 Å². The van der Waals surface area contributed by atoms with Crippen LogP contribution in [0, 0.1) is 23.2 Å². The van der Waals surface area contributed by atoms with Gasteiger partial charge in [-0.3, -0.25) is 0 Å². The molecule has 0 saturated heterocycles. The van der Waals surface area contributed by atoms with Crippen LogP contribution in [-0.4, -0.2) is 4.75 Å². The summed E-state index contributed by atoms with van der Waals surface area (Å²) in [6, 6.07) is 0. The molecule has 0 radical (unpaired) electrons. The molecule has 0 nitrogen and oxygen atoms in total. The molecule has 2 rings (SSSR count). The Labute approximate surface area is 93.6 Å². The summed E-state index contributed by atoms with van der Waals surface area (Å²) in [6.07, 6.45) is 7.49. The summed E-state index contributed by atoms with van der Waals surface area (Å²) in [6.45, 7) is 9.26. The molecule has 0 bridgehead atoms. The summed E-state index contributed by atoms with van der Waals surface area (Å²) in [5, 5.41) is 0. The molecule has 14 heavy (non-hydrogen) atoms. The second-order valence-corrected chi connectivity index (χ2v) is 7.21. The van der Waals surface area contributed by atoms with E-state index in [0.29, 0.717) is 5.41 Å². The number of hydrogen-bond acceptors (Lipinski definition) is 1. The lowest BCUT2D eigenvalue weighted by atomic mass is 9.72. The molecule has 3 unspecified atom stereocenters. The minimum absolute atomic E-state index is 0.173. The highest BCUT2D eigenvalue weighted by molar-refractivity contribution is 7.81. The first kappa shape index (κ1) is 10.6. The molecule has 80 valence electrons. The van der Waals surface area contributed by atoms with Gasteiger partial charge in [0.15, 0.2) is 0 Å². The van der Waals surface area contributed by atoms with Crippen LogP contribution < -0.4 is 0 Å². The Morgan fingerprint density at radius 2 is 1.43 bits per heavy atom. The van der Waals surface area contributed by atoms with Crippen molar-refractivity contribution < 1.29 is 0 Å². The van der Waals surface area contributed by atoms with E-state index >= 15 is 0 Å². The van der Waals surface area contributed by atoms with Gasteiger partial charge in [0.25, 0.3) is 0 Å². The molecule has 2 aliphatic carbocycles. The van der Waals surface area contributed by atoms with Gasteiger partial charge in [-0.25, -0.2) is 0 Å². The van der Waals surface area contributed by atoms with Gasteiger partial charge in [0, 0.05) is 4.75 Å². The molecule has 1 fully saturated rings. The summed E-state index contributed by atoms with van der Waals surface area (Å²) in [5.41, 5.74) is 0.296. The topological polar surface area (TPSA) is 0 Å². The highest BCUT2D eigenvalue weighted by atomic mass is 32.1. The zero-order valence-electron chi connectivity index (χ0n) is 9.75. The molecule has 0 heterocycles. The molecule has 0 amide bonds. The SMILES string of the molecule is CC(C)(C)C(C)(S)C1CC2C=CC2C1. The number of fused-ring (bicyclic) bond motifs is 1. The first-order valence-corrected chi connectivity index (χ1v) is 6.18. The molecule has 0 aromatic heterocycles. The monoisotopic (exact) mass is 210 g/mol. The molecule has 0 spiro atoms. The summed E-state index contributed by atoms with van der Waals surface area (Å²) < 4.78 is 0.173. The molecule has 0 N–H and O–H groups in total. The molecule has 1 heteroatoms. The van der Waals surface area contributed by atoms with Gasteiger partial charge in [-0.1, -0.05) is 32.9 Å². The molecule has 0 aromatic carbocycles. The first-order valence-electron chi connectivity index (χ1n) is 5.73. The smallest absolute Gasteiger partial charge is 0.0178 e. The van der Waals surface area contributed by atoms with Crippen LogP contribution in [0.4, 0.5) is 0 Å². The molecule has 2 aliphatic rings. The maximum atomic E-state index is 4.94. The quantitative estimate of drug-likeness (QED) is 0.492. The Kier molecular flexibility index (Phi) is 2.30. The highest BCUT2D eigenvalue weighted by Gasteiger charge is 2.47. The van der Waals surface area contributed by atoms with Crippen LogP contribution in [0.3, 0.4) is 0 Å². The molecule has 1 saturated carbocycles. The fourth-order valence-electron chi connectivity index (χ4n) is 2.76. The second kappa shape index (κ2) is 3.04. The van der Waals surface area contributed by atoms with E-state index in [-0.39, 0.29) is 4.75 Å². The van der Waals surface area contributed by atoms with E-state index in [0.717, 1.165) is 17.8 Å². The van der Waals surface area contributed by atoms with Gasteiger partial charge in [-0.15, -0.1) is 0 Å². The summed E-state index contributed by atoms with van der Waals surface area (Å²) in [4.78, 5) is 0. The first-order chi connectivity index (χ1) is 6.32. The third-order valence-corrected chi connectivity index (χ3v) is 5.62. The molecule has 0 aliphatic heterocycles. The molecule has 3 atom stereocenters. The number of thiol groups is 1. The van der Waals surface area contributed by atoms with Crippen LogP contribution in [0.25, 0.3) is 0 Å². The van der Waals surface area contributed by atoms with Crippen LogP contribution in [0.2, 0.25) is 0 Å². The summed E-state index contributed by atoms with van der Waals surface area (Å²) in [7, 11) is 0. The van der Waals surface area contributed by atoms with Gasteiger partial charge in [0.05, 0.1) is 0 Å². The predicted octanol–water partition coefficient (Wildman–Crippen LogP) is 3.93. The highest BCUT2D eigenvalue weighted by Crippen LogP contribution is 2.54.